The summed E-state index contributed by atoms with van der Waals surface area (Å²) in [5.41, 5.74) is 4.46. The van der Waals surface area contributed by atoms with Gasteiger partial charge >= 0.3 is 19.5 Å². The SMILES string of the molecule is Nc1ccn([C@@H]2O[C@H](COP(=O)(O)OC3(C(=O)O)C[C@H](O)[C@@H](O)C(O)O3)C(O)[C@@H]2O)c(=O)n1. The van der Waals surface area contributed by atoms with E-state index in [1.807, 2.05) is 0 Å². The van der Waals surface area contributed by atoms with Gasteiger partial charge in [0.15, 0.2) is 12.5 Å². The number of aliphatic carboxylic acids is 1. The van der Waals surface area contributed by atoms with E-state index in [1.165, 1.54) is 6.07 Å². The lowest BCUT2D eigenvalue weighted by Crippen LogP contribution is -2.59. The average Bonchev–Trinajstić information content (AvgIpc) is 2.98. The zero-order valence-electron chi connectivity index (χ0n) is 16.5. The number of carbonyl (C=O) groups is 1. The maximum absolute atomic E-state index is 12.3. The molecule has 1 aromatic heterocycles. The molecule has 0 aromatic carbocycles. The maximum atomic E-state index is 12.3. The number of nitrogens with zero attached hydrogens (tertiary/aromatic N) is 2. The van der Waals surface area contributed by atoms with E-state index in [9.17, 15) is 49.7 Å². The second kappa shape index (κ2) is 9.32. The molecular formula is C15H22N3O14P. The lowest BCUT2D eigenvalue weighted by Gasteiger charge is -2.40. The number of anilines is 1. The van der Waals surface area contributed by atoms with Crippen molar-refractivity contribution in [2.45, 2.75) is 55.2 Å². The van der Waals surface area contributed by atoms with Crippen molar-refractivity contribution >= 4 is 19.6 Å². The first-order valence-corrected chi connectivity index (χ1v) is 10.8. The summed E-state index contributed by atoms with van der Waals surface area (Å²) in [6.07, 6.45) is -12.4. The van der Waals surface area contributed by atoms with Crippen LogP contribution in [-0.4, -0.2) is 100 Å². The van der Waals surface area contributed by atoms with E-state index in [0.717, 1.165) is 10.8 Å². The molecule has 0 saturated carbocycles. The summed E-state index contributed by atoms with van der Waals surface area (Å²) < 4.78 is 32.2. The number of carboxylic acid groups (broad SMARTS) is 1. The Kier molecular flexibility index (Phi) is 7.23. The predicted molar refractivity (Wildman–Crippen MR) is 99.8 cm³/mol. The minimum Gasteiger partial charge on any atom is -0.477 e. The highest BCUT2D eigenvalue weighted by Gasteiger charge is 2.56. The Morgan fingerprint density at radius 2 is 1.94 bits per heavy atom. The van der Waals surface area contributed by atoms with Crippen molar-refractivity contribution in [1.29, 1.82) is 0 Å². The highest BCUT2D eigenvalue weighted by Crippen LogP contribution is 2.51. The molecule has 0 spiro atoms. The zero-order chi connectivity index (χ0) is 24.7. The third-order valence-electron chi connectivity index (χ3n) is 4.93. The van der Waals surface area contributed by atoms with Gasteiger partial charge in [-0.05, 0) is 6.07 Å². The number of phosphoric acid groups is 1. The van der Waals surface area contributed by atoms with E-state index < -0.39 is 81.3 Å². The lowest BCUT2D eigenvalue weighted by molar-refractivity contribution is -0.332. The summed E-state index contributed by atoms with van der Waals surface area (Å²) in [6.45, 7) is -0.941. The molecule has 2 aliphatic heterocycles. The van der Waals surface area contributed by atoms with Gasteiger partial charge in [0.1, 0.15) is 30.2 Å². The summed E-state index contributed by atoms with van der Waals surface area (Å²) in [4.78, 5) is 36.9. The third-order valence-corrected chi connectivity index (χ3v) is 5.93. The molecule has 9 N–H and O–H groups in total. The van der Waals surface area contributed by atoms with Gasteiger partial charge in [0.2, 0.25) is 0 Å². The third kappa shape index (κ3) is 5.23. The molecule has 2 saturated heterocycles. The number of aliphatic hydroxyl groups is 5. The number of ether oxygens (including phenoxy) is 2. The van der Waals surface area contributed by atoms with E-state index in [4.69, 9.17) is 10.5 Å². The molecule has 0 aliphatic carbocycles. The second-order valence-corrected chi connectivity index (χ2v) is 8.65. The van der Waals surface area contributed by atoms with Crippen molar-refractivity contribution in [3.63, 3.8) is 0 Å². The van der Waals surface area contributed by atoms with Crippen molar-refractivity contribution in [2.75, 3.05) is 12.3 Å². The van der Waals surface area contributed by atoms with Crippen LogP contribution in [0, 0.1) is 0 Å². The largest absolute Gasteiger partial charge is 0.477 e. The number of nitrogens with two attached hydrogens (primary N) is 1. The fraction of sp³-hybridized carbons (Fsp3) is 0.667. The first kappa shape index (κ1) is 25.6. The minimum atomic E-state index is -5.34. The fourth-order valence-corrected chi connectivity index (χ4v) is 4.19. The van der Waals surface area contributed by atoms with Gasteiger partial charge in [0, 0.05) is 12.6 Å². The predicted octanol–water partition coefficient (Wildman–Crippen LogP) is -4.18. The summed E-state index contributed by atoms with van der Waals surface area (Å²) in [5.74, 6) is -5.20. The number of nitrogen functional groups attached to an aromatic ring is 1. The summed E-state index contributed by atoms with van der Waals surface area (Å²) in [7, 11) is -5.34. The Bertz CT molecular complexity index is 977. The molecule has 0 amide bonds. The molecule has 17 nitrogen and oxygen atoms in total. The Morgan fingerprint density at radius 1 is 1.27 bits per heavy atom. The zero-order valence-corrected chi connectivity index (χ0v) is 17.4. The van der Waals surface area contributed by atoms with E-state index in [2.05, 4.69) is 18.8 Å². The van der Waals surface area contributed by atoms with Gasteiger partial charge in [-0.3, -0.25) is 9.09 Å². The minimum absolute atomic E-state index is 0.109. The van der Waals surface area contributed by atoms with Crippen LogP contribution >= 0.6 is 7.82 Å². The Morgan fingerprint density at radius 3 is 2.52 bits per heavy atom. The first-order valence-electron chi connectivity index (χ1n) is 9.26. The Balaban J connectivity index is 1.70. The molecule has 3 rings (SSSR count). The van der Waals surface area contributed by atoms with Crippen molar-refractivity contribution in [1.82, 2.24) is 9.55 Å². The standard InChI is InChI=1S/C15H22N3O14P/c16-7-1-2-18(14(26)17-7)11-10(22)9(21)6(30-11)4-29-33(27,28)32-15(13(24)25)3-5(19)8(20)12(23)31-15/h1-2,5-6,8-12,19-23H,3-4H2,(H,24,25)(H,27,28)(H2,16,17,26)/t5-,6+,8+,9?,10-,11+,12?,15?/m0/s1. The molecular weight excluding hydrogens is 477 g/mol. The average molecular weight is 499 g/mol. The molecule has 3 heterocycles. The molecule has 4 unspecified atom stereocenters. The van der Waals surface area contributed by atoms with Crippen molar-refractivity contribution in [3.8, 4) is 0 Å². The van der Waals surface area contributed by atoms with Crippen LogP contribution in [0.4, 0.5) is 5.82 Å². The smallest absolute Gasteiger partial charge is 0.475 e. The van der Waals surface area contributed by atoms with Gasteiger partial charge in [-0.1, -0.05) is 0 Å². The number of rotatable bonds is 7. The van der Waals surface area contributed by atoms with Crippen molar-refractivity contribution in [2.24, 2.45) is 0 Å². The lowest BCUT2D eigenvalue weighted by atomic mass is 10.00. The van der Waals surface area contributed by atoms with Gasteiger partial charge in [-0.2, -0.15) is 4.98 Å². The molecule has 9 atom stereocenters. The first-order chi connectivity index (χ1) is 15.3. The topological polar surface area (TPSA) is 274 Å². The normalized spacial score (nSPS) is 38.7. The van der Waals surface area contributed by atoms with E-state index >= 15 is 0 Å². The number of hydrogen-bond donors (Lipinski definition) is 8. The van der Waals surface area contributed by atoms with Gasteiger partial charge < -0.3 is 50.7 Å². The Labute approximate surface area is 183 Å². The Hall–Kier alpha value is -2.02. The van der Waals surface area contributed by atoms with Crippen LogP contribution in [0.25, 0.3) is 0 Å². The van der Waals surface area contributed by atoms with Crippen molar-refractivity contribution in [3.05, 3.63) is 22.7 Å². The highest BCUT2D eigenvalue weighted by molar-refractivity contribution is 7.47. The van der Waals surface area contributed by atoms with E-state index in [0.29, 0.717) is 0 Å². The molecule has 0 bridgehead atoms. The molecule has 2 fully saturated rings. The van der Waals surface area contributed by atoms with Gasteiger partial charge in [-0.15, -0.1) is 0 Å². The summed E-state index contributed by atoms with van der Waals surface area (Å²) >= 11 is 0. The molecule has 186 valence electrons. The summed E-state index contributed by atoms with van der Waals surface area (Å²) in [6, 6.07) is 1.22. The van der Waals surface area contributed by atoms with Gasteiger partial charge in [0.25, 0.3) is 5.79 Å². The second-order valence-electron chi connectivity index (χ2n) is 7.27. The van der Waals surface area contributed by atoms with Crippen LogP contribution < -0.4 is 11.4 Å². The van der Waals surface area contributed by atoms with E-state index in [-0.39, 0.29) is 5.82 Å². The molecule has 33 heavy (non-hydrogen) atoms. The monoisotopic (exact) mass is 499 g/mol. The molecule has 2 aliphatic rings. The highest BCUT2D eigenvalue weighted by atomic mass is 31.2. The number of aliphatic hydroxyl groups excluding tert-OH is 5. The van der Waals surface area contributed by atoms with Crippen molar-refractivity contribution < 1.29 is 63.4 Å². The van der Waals surface area contributed by atoms with Crippen LogP contribution in [-0.2, 0) is 27.9 Å². The van der Waals surface area contributed by atoms with Crippen LogP contribution in [0.15, 0.2) is 17.1 Å². The van der Waals surface area contributed by atoms with Crippen LogP contribution in [0.3, 0.4) is 0 Å². The van der Waals surface area contributed by atoms with E-state index in [1.54, 1.807) is 0 Å². The number of phosphoric ester groups is 1. The summed E-state index contributed by atoms with van der Waals surface area (Å²) in [5, 5.41) is 58.4. The fourth-order valence-electron chi connectivity index (χ4n) is 3.23. The molecule has 18 heteroatoms. The maximum Gasteiger partial charge on any atom is 0.475 e. The van der Waals surface area contributed by atoms with Gasteiger partial charge in [0.05, 0.1) is 12.7 Å². The number of aromatic nitrogens is 2. The molecule has 0 radical (unpaired) electrons. The number of carboxylic acids is 1. The molecule has 1 aromatic rings. The van der Waals surface area contributed by atoms with Gasteiger partial charge in [-0.25, -0.2) is 18.7 Å². The van der Waals surface area contributed by atoms with Crippen LogP contribution in [0.1, 0.15) is 12.6 Å². The quantitative estimate of drug-likeness (QED) is 0.165. The van der Waals surface area contributed by atoms with Crippen LogP contribution in [0.5, 0.6) is 0 Å². The van der Waals surface area contributed by atoms with Crippen LogP contribution in [0.2, 0.25) is 0 Å². The number of hydrogen-bond acceptors (Lipinski definition) is 14.